The van der Waals surface area contributed by atoms with Crippen LogP contribution >= 0.6 is 0 Å². The van der Waals surface area contributed by atoms with E-state index in [2.05, 4.69) is 54.7 Å². The van der Waals surface area contributed by atoms with Crippen molar-refractivity contribution in [2.45, 2.75) is 51.6 Å². The first-order valence-corrected chi connectivity index (χ1v) is 14.8. The lowest BCUT2D eigenvalue weighted by molar-refractivity contribution is -0.132. The Balaban J connectivity index is 1.34. The Hall–Kier alpha value is -3.90. The highest BCUT2D eigenvalue weighted by atomic mass is 16.5. The predicted octanol–water partition coefficient (Wildman–Crippen LogP) is 4.92. The van der Waals surface area contributed by atoms with Crippen LogP contribution in [0.4, 0.5) is 0 Å². The lowest BCUT2D eigenvalue weighted by Gasteiger charge is -2.44. The molecule has 2 bridgehead atoms. The Kier molecular flexibility index (Phi) is 9.20. The van der Waals surface area contributed by atoms with Crippen LogP contribution in [0, 0.1) is 0 Å². The number of ether oxygens (including phenoxy) is 1. The summed E-state index contributed by atoms with van der Waals surface area (Å²) in [6.07, 6.45) is 3.27. The summed E-state index contributed by atoms with van der Waals surface area (Å²) in [6, 6.07) is 27.0. The standard InChI is InChI=1S/C35H41N3O3/c1-4-28-12-8-9-13-33(28)41-21-19-27-14-16-29(17-15-27)31-22-30-23-38(25(2)39)24-32(36-30)34(31)35(40)37(3)20-18-26-10-6-5-7-11-26/h5-17,30,32,36H,4,18-24H2,1-3H3/t30?,32-/m1/s1. The molecule has 2 atom stereocenters. The third kappa shape index (κ3) is 6.88. The van der Waals surface area contributed by atoms with Gasteiger partial charge in [0.25, 0.3) is 5.91 Å². The van der Waals surface area contributed by atoms with Gasteiger partial charge in [-0.3, -0.25) is 9.59 Å². The van der Waals surface area contributed by atoms with Crippen LogP contribution < -0.4 is 10.1 Å². The van der Waals surface area contributed by atoms with Gasteiger partial charge in [-0.15, -0.1) is 0 Å². The predicted molar refractivity (Wildman–Crippen MR) is 164 cm³/mol. The van der Waals surface area contributed by atoms with E-state index >= 15 is 0 Å². The van der Waals surface area contributed by atoms with Gasteiger partial charge in [-0.2, -0.15) is 0 Å². The van der Waals surface area contributed by atoms with Crippen molar-refractivity contribution in [3.05, 3.63) is 107 Å². The molecule has 214 valence electrons. The smallest absolute Gasteiger partial charge is 0.251 e. The molecule has 1 saturated heterocycles. The Morgan fingerprint density at radius 1 is 0.927 bits per heavy atom. The van der Waals surface area contributed by atoms with Crippen molar-refractivity contribution in [1.82, 2.24) is 15.1 Å². The fraction of sp³-hybridized carbons (Fsp3) is 0.371. The molecule has 2 aliphatic heterocycles. The summed E-state index contributed by atoms with van der Waals surface area (Å²) in [5, 5.41) is 3.65. The van der Waals surface area contributed by atoms with Crippen LogP contribution in [0.25, 0.3) is 5.57 Å². The lowest BCUT2D eigenvalue weighted by atomic mass is 9.82. The third-order valence-electron chi connectivity index (χ3n) is 8.31. The Labute approximate surface area is 244 Å². The highest BCUT2D eigenvalue weighted by Gasteiger charge is 2.39. The van der Waals surface area contributed by atoms with Crippen molar-refractivity contribution in [1.29, 1.82) is 0 Å². The van der Waals surface area contributed by atoms with Gasteiger partial charge >= 0.3 is 0 Å². The van der Waals surface area contributed by atoms with Crippen molar-refractivity contribution in [2.75, 3.05) is 33.3 Å². The number of amides is 2. The van der Waals surface area contributed by atoms with Crippen molar-refractivity contribution >= 4 is 17.4 Å². The van der Waals surface area contributed by atoms with E-state index in [4.69, 9.17) is 4.74 Å². The number of likely N-dealkylation sites (N-methyl/N-ethyl adjacent to an activating group) is 1. The molecule has 1 N–H and O–H groups in total. The molecule has 3 aromatic carbocycles. The number of piperazine rings is 1. The van der Waals surface area contributed by atoms with Gasteiger partial charge in [0.1, 0.15) is 5.75 Å². The average molecular weight is 552 g/mol. The topological polar surface area (TPSA) is 61.9 Å². The molecule has 0 spiro atoms. The van der Waals surface area contributed by atoms with Gasteiger partial charge in [-0.25, -0.2) is 0 Å². The molecule has 1 fully saturated rings. The Bertz CT molecular complexity index is 1380. The van der Waals surface area contributed by atoms with Crippen LogP contribution in [0.5, 0.6) is 5.75 Å². The van der Waals surface area contributed by atoms with E-state index in [-0.39, 0.29) is 23.9 Å². The number of hydrogen-bond acceptors (Lipinski definition) is 4. The molecule has 6 nitrogen and oxygen atoms in total. The zero-order valence-corrected chi connectivity index (χ0v) is 24.4. The van der Waals surface area contributed by atoms with Crippen LogP contribution in [-0.4, -0.2) is 67.0 Å². The number of rotatable bonds is 10. The van der Waals surface area contributed by atoms with Crippen molar-refractivity contribution in [3.8, 4) is 5.75 Å². The van der Waals surface area contributed by atoms with Crippen molar-refractivity contribution in [3.63, 3.8) is 0 Å². The minimum absolute atomic E-state index is 0.0318. The number of benzene rings is 3. The maximum atomic E-state index is 14.0. The summed E-state index contributed by atoms with van der Waals surface area (Å²) in [4.78, 5) is 30.0. The quantitative estimate of drug-likeness (QED) is 0.389. The van der Waals surface area contributed by atoms with Crippen molar-refractivity contribution in [2.24, 2.45) is 0 Å². The van der Waals surface area contributed by atoms with Gasteiger partial charge < -0.3 is 19.9 Å². The number of para-hydroxylation sites is 1. The molecule has 0 saturated carbocycles. The van der Waals surface area contributed by atoms with E-state index in [1.54, 1.807) is 6.92 Å². The van der Waals surface area contributed by atoms with E-state index in [1.807, 2.05) is 53.2 Å². The molecular formula is C35H41N3O3. The number of fused-ring (bicyclic) bond motifs is 2. The maximum absolute atomic E-state index is 14.0. The number of carbonyl (C=O) groups excluding carboxylic acids is 2. The number of nitrogens with one attached hydrogen (secondary N) is 1. The van der Waals surface area contributed by atoms with E-state index in [0.717, 1.165) is 41.7 Å². The molecule has 2 aliphatic rings. The van der Waals surface area contributed by atoms with E-state index in [1.165, 1.54) is 16.7 Å². The molecule has 6 heteroatoms. The highest BCUT2D eigenvalue weighted by molar-refractivity contribution is 6.03. The summed E-state index contributed by atoms with van der Waals surface area (Å²) in [5.41, 5.74) is 6.60. The first-order chi connectivity index (χ1) is 19.9. The highest BCUT2D eigenvalue weighted by Crippen LogP contribution is 2.34. The molecule has 2 amide bonds. The second kappa shape index (κ2) is 13.2. The van der Waals surface area contributed by atoms with Crippen molar-refractivity contribution < 1.29 is 14.3 Å². The van der Waals surface area contributed by atoms with Crippen LogP contribution in [0.2, 0.25) is 0 Å². The third-order valence-corrected chi connectivity index (χ3v) is 8.31. The molecule has 0 radical (unpaired) electrons. The summed E-state index contributed by atoms with van der Waals surface area (Å²) in [5.74, 6) is 1.05. The monoisotopic (exact) mass is 551 g/mol. The average Bonchev–Trinajstić information content (AvgIpc) is 3.00. The normalized spacial score (nSPS) is 18.3. The maximum Gasteiger partial charge on any atom is 0.251 e. The van der Waals surface area contributed by atoms with Crippen LogP contribution in [-0.2, 0) is 28.9 Å². The van der Waals surface area contributed by atoms with Gasteiger partial charge in [0, 0.05) is 51.6 Å². The number of hydrogen-bond donors (Lipinski definition) is 1. The minimum atomic E-state index is -0.181. The van der Waals surface area contributed by atoms with E-state index < -0.39 is 0 Å². The first-order valence-electron chi connectivity index (χ1n) is 14.8. The first kappa shape index (κ1) is 28.6. The van der Waals surface area contributed by atoms with E-state index in [9.17, 15) is 9.59 Å². The van der Waals surface area contributed by atoms with Crippen LogP contribution in [0.3, 0.4) is 0 Å². The van der Waals surface area contributed by atoms with Crippen LogP contribution in [0.15, 0.2) is 84.4 Å². The molecule has 5 rings (SSSR count). The SMILES string of the molecule is CCc1ccccc1OCCc1ccc(C2=C(C(=O)N(C)CCc3ccccc3)[C@H]3CN(C(C)=O)CC(C2)N3)cc1. The summed E-state index contributed by atoms with van der Waals surface area (Å²) >= 11 is 0. The van der Waals surface area contributed by atoms with Gasteiger partial charge in [0.05, 0.1) is 12.6 Å². The number of nitrogens with zero attached hydrogens (tertiary/aromatic N) is 2. The molecule has 2 heterocycles. The molecular weight excluding hydrogens is 510 g/mol. The lowest BCUT2D eigenvalue weighted by Crippen LogP contribution is -2.61. The van der Waals surface area contributed by atoms with Gasteiger partial charge in [0.15, 0.2) is 0 Å². The molecule has 3 aromatic rings. The summed E-state index contributed by atoms with van der Waals surface area (Å²) in [7, 11) is 1.88. The largest absolute Gasteiger partial charge is 0.493 e. The van der Waals surface area contributed by atoms with Gasteiger partial charge in [-0.05, 0) is 53.2 Å². The fourth-order valence-corrected chi connectivity index (χ4v) is 5.96. The molecule has 0 aliphatic carbocycles. The molecule has 1 unspecified atom stereocenters. The number of aryl methyl sites for hydroxylation is 1. The fourth-order valence-electron chi connectivity index (χ4n) is 5.96. The second-order valence-corrected chi connectivity index (χ2v) is 11.2. The van der Waals surface area contributed by atoms with Gasteiger partial charge in [0.2, 0.25) is 5.91 Å². The summed E-state index contributed by atoms with van der Waals surface area (Å²) < 4.78 is 6.09. The van der Waals surface area contributed by atoms with Gasteiger partial charge in [-0.1, -0.05) is 79.7 Å². The summed E-state index contributed by atoms with van der Waals surface area (Å²) in [6.45, 7) is 6.17. The Morgan fingerprint density at radius 3 is 2.37 bits per heavy atom. The Morgan fingerprint density at radius 2 is 1.63 bits per heavy atom. The second-order valence-electron chi connectivity index (χ2n) is 11.2. The zero-order valence-electron chi connectivity index (χ0n) is 24.4. The van der Waals surface area contributed by atoms with Crippen LogP contribution in [0.1, 0.15) is 42.5 Å². The molecule has 0 aromatic heterocycles. The zero-order chi connectivity index (χ0) is 28.8. The van der Waals surface area contributed by atoms with E-state index in [0.29, 0.717) is 32.7 Å². The molecule has 41 heavy (non-hydrogen) atoms. The minimum Gasteiger partial charge on any atom is -0.493 e. The number of carbonyl (C=O) groups is 2.